The maximum Gasteiger partial charge on any atom is 0.323 e. The number of carboxylic acids is 1. The molecule has 1 heterocycles. The zero-order valence-electron chi connectivity index (χ0n) is 12.3. The van der Waals surface area contributed by atoms with Crippen molar-refractivity contribution in [2.24, 2.45) is 5.92 Å². The Kier molecular flexibility index (Phi) is 4.85. The molecule has 1 saturated heterocycles. The van der Waals surface area contributed by atoms with Crippen molar-refractivity contribution < 1.29 is 9.90 Å². The predicted octanol–water partition coefficient (Wildman–Crippen LogP) is 2.09. The van der Waals surface area contributed by atoms with Crippen molar-refractivity contribution in [3.05, 3.63) is 0 Å². The molecule has 3 atom stereocenters. The standard InChI is InChI=1S/C15H28N2O2/c1-3-8-16-15(14(18)19)7-6-13(10-15)17-9-4-5-12(2)11-17/h12-13,16H,3-11H2,1-2H3,(H,18,19). The number of hydrogen-bond acceptors (Lipinski definition) is 3. The summed E-state index contributed by atoms with van der Waals surface area (Å²) in [4.78, 5) is 14.2. The molecule has 1 saturated carbocycles. The number of hydrogen-bond donors (Lipinski definition) is 2. The average molecular weight is 268 g/mol. The van der Waals surface area contributed by atoms with Crippen molar-refractivity contribution in [2.45, 2.75) is 64.0 Å². The highest BCUT2D eigenvalue weighted by molar-refractivity contribution is 5.79. The number of aliphatic carboxylic acids is 1. The monoisotopic (exact) mass is 268 g/mol. The van der Waals surface area contributed by atoms with E-state index in [9.17, 15) is 9.90 Å². The van der Waals surface area contributed by atoms with Crippen molar-refractivity contribution >= 4 is 5.97 Å². The molecule has 19 heavy (non-hydrogen) atoms. The zero-order valence-corrected chi connectivity index (χ0v) is 12.3. The quantitative estimate of drug-likeness (QED) is 0.801. The number of carbonyl (C=O) groups is 1. The fourth-order valence-electron chi connectivity index (χ4n) is 3.68. The van der Waals surface area contributed by atoms with Gasteiger partial charge in [0.1, 0.15) is 5.54 Å². The van der Waals surface area contributed by atoms with Gasteiger partial charge in [0.15, 0.2) is 0 Å². The lowest BCUT2D eigenvalue weighted by molar-refractivity contribution is -0.144. The third kappa shape index (κ3) is 3.29. The normalized spacial score (nSPS) is 36.5. The van der Waals surface area contributed by atoms with Crippen LogP contribution < -0.4 is 5.32 Å². The zero-order chi connectivity index (χ0) is 13.9. The van der Waals surface area contributed by atoms with Crippen LogP contribution in [0.3, 0.4) is 0 Å². The summed E-state index contributed by atoms with van der Waals surface area (Å²) in [5, 5.41) is 12.9. The van der Waals surface area contributed by atoms with Crippen LogP contribution >= 0.6 is 0 Å². The minimum Gasteiger partial charge on any atom is -0.480 e. The maximum absolute atomic E-state index is 11.6. The second-order valence-electron chi connectivity index (χ2n) is 6.45. The van der Waals surface area contributed by atoms with Gasteiger partial charge >= 0.3 is 5.97 Å². The van der Waals surface area contributed by atoms with Gasteiger partial charge in [0, 0.05) is 12.6 Å². The largest absolute Gasteiger partial charge is 0.480 e. The van der Waals surface area contributed by atoms with Gasteiger partial charge in [0.25, 0.3) is 0 Å². The Morgan fingerprint density at radius 1 is 1.47 bits per heavy atom. The van der Waals surface area contributed by atoms with Gasteiger partial charge in [-0.3, -0.25) is 4.79 Å². The van der Waals surface area contributed by atoms with E-state index in [1.165, 1.54) is 12.8 Å². The first-order valence-electron chi connectivity index (χ1n) is 7.80. The van der Waals surface area contributed by atoms with Crippen LogP contribution in [-0.2, 0) is 4.79 Å². The molecule has 0 radical (unpaired) electrons. The Morgan fingerprint density at radius 3 is 2.89 bits per heavy atom. The molecule has 2 N–H and O–H groups in total. The van der Waals surface area contributed by atoms with Gasteiger partial charge in [-0.15, -0.1) is 0 Å². The molecule has 0 amide bonds. The van der Waals surface area contributed by atoms with Crippen LogP contribution in [0.4, 0.5) is 0 Å². The minimum absolute atomic E-state index is 0.461. The third-order valence-corrected chi connectivity index (χ3v) is 4.82. The molecule has 1 aliphatic carbocycles. The Morgan fingerprint density at radius 2 is 2.26 bits per heavy atom. The van der Waals surface area contributed by atoms with Gasteiger partial charge in [-0.25, -0.2) is 0 Å². The van der Waals surface area contributed by atoms with Crippen LogP contribution in [-0.4, -0.2) is 47.2 Å². The lowest BCUT2D eigenvalue weighted by Gasteiger charge is -2.36. The third-order valence-electron chi connectivity index (χ3n) is 4.82. The first kappa shape index (κ1) is 14.8. The summed E-state index contributed by atoms with van der Waals surface area (Å²) in [6.45, 7) is 7.49. The molecule has 1 aliphatic heterocycles. The van der Waals surface area contributed by atoms with Crippen LogP contribution in [0, 0.1) is 5.92 Å². The van der Waals surface area contributed by atoms with E-state index >= 15 is 0 Å². The molecule has 0 spiro atoms. The highest BCUT2D eigenvalue weighted by Crippen LogP contribution is 2.35. The topological polar surface area (TPSA) is 52.6 Å². The summed E-state index contributed by atoms with van der Waals surface area (Å²) in [7, 11) is 0. The van der Waals surface area contributed by atoms with E-state index in [1.54, 1.807) is 0 Å². The highest BCUT2D eigenvalue weighted by atomic mass is 16.4. The summed E-state index contributed by atoms with van der Waals surface area (Å²) < 4.78 is 0. The smallest absolute Gasteiger partial charge is 0.323 e. The number of rotatable bonds is 5. The summed E-state index contributed by atoms with van der Waals surface area (Å²) in [6.07, 6.45) is 6.14. The second kappa shape index (κ2) is 6.23. The maximum atomic E-state index is 11.6. The van der Waals surface area contributed by atoms with Crippen molar-refractivity contribution in [2.75, 3.05) is 19.6 Å². The van der Waals surface area contributed by atoms with Crippen molar-refractivity contribution in [3.63, 3.8) is 0 Å². The molecule has 2 aliphatic rings. The van der Waals surface area contributed by atoms with Crippen molar-refractivity contribution in [3.8, 4) is 0 Å². The molecule has 0 aromatic rings. The Labute approximate surface area is 116 Å². The first-order valence-corrected chi connectivity index (χ1v) is 7.80. The first-order chi connectivity index (χ1) is 9.07. The lowest BCUT2D eigenvalue weighted by Crippen LogP contribution is -2.52. The van der Waals surface area contributed by atoms with E-state index in [0.29, 0.717) is 6.04 Å². The summed E-state index contributed by atoms with van der Waals surface area (Å²) in [5.74, 6) is 0.102. The minimum atomic E-state index is -0.665. The van der Waals surface area contributed by atoms with Crippen LogP contribution in [0.2, 0.25) is 0 Å². The Hall–Kier alpha value is -0.610. The number of carboxylic acid groups (broad SMARTS) is 1. The van der Waals surface area contributed by atoms with Gasteiger partial charge in [0.05, 0.1) is 0 Å². The van der Waals surface area contributed by atoms with Gasteiger partial charge < -0.3 is 15.3 Å². The van der Waals surface area contributed by atoms with Gasteiger partial charge in [-0.1, -0.05) is 13.8 Å². The van der Waals surface area contributed by atoms with E-state index in [2.05, 4.69) is 24.1 Å². The second-order valence-corrected chi connectivity index (χ2v) is 6.45. The van der Waals surface area contributed by atoms with Crippen LogP contribution in [0.15, 0.2) is 0 Å². The van der Waals surface area contributed by atoms with E-state index in [-0.39, 0.29) is 0 Å². The summed E-state index contributed by atoms with van der Waals surface area (Å²) >= 11 is 0. The molecule has 110 valence electrons. The number of piperidine rings is 1. The molecular formula is C15H28N2O2. The molecular weight excluding hydrogens is 240 g/mol. The molecule has 2 fully saturated rings. The number of nitrogens with one attached hydrogen (secondary N) is 1. The van der Waals surface area contributed by atoms with E-state index in [1.807, 2.05) is 0 Å². The van der Waals surface area contributed by atoms with Crippen molar-refractivity contribution in [1.82, 2.24) is 10.2 Å². The predicted molar refractivity (Wildman–Crippen MR) is 76.3 cm³/mol. The molecule has 0 aromatic carbocycles. The van der Waals surface area contributed by atoms with Gasteiger partial charge in [-0.05, 0) is 57.5 Å². The van der Waals surface area contributed by atoms with Gasteiger partial charge in [-0.2, -0.15) is 0 Å². The van der Waals surface area contributed by atoms with Crippen LogP contribution in [0.5, 0.6) is 0 Å². The summed E-state index contributed by atoms with van der Waals surface area (Å²) in [5.41, 5.74) is -0.665. The van der Waals surface area contributed by atoms with E-state index in [4.69, 9.17) is 0 Å². The lowest BCUT2D eigenvalue weighted by atomic mass is 9.95. The molecule has 2 rings (SSSR count). The van der Waals surface area contributed by atoms with Crippen LogP contribution in [0.25, 0.3) is 0 Å². The highest BCUT2D eigenvalue weighted by Gasteiger charge is 2.46. The number of likely N-dealkylation sites (tertiary alicyclic amines) is 1. The van der Waals surface area contributed by atoms with Crippen molar-refractivity contribution in [1.29, 1.82) is 0 Å². The Bertz CT molecular complexity index is 321. The molecule has 3 unspecified atom stereocenters. The Balaban J connectivity index is 1.97. The molecule has 0 bridgehead atoms. The molecule has 0 aromatic heterocycles. The molecule has 4 heteroatoms. The summed E-state index contributed by atoms with van der Waals surface area (Å²) in [6, 6.07) is 0.461. The van der Waals surface area contributed by atoms with Gasteiger partial charge in [0.2, 0.25) is 0 Å². The molecule has 4 nitrogen and oxygen atoms in total. The van der Waals surface area contributed by atoms with Crippen LogP contribution in [0.1, 0.15) is 52.4 Å². The fourth-order valence-corrected chi connectivity index (χ4v) is 3.68. The fraction of sp³-hybridized carbons (Fsp3) is 0.933. The van der Waals surface area contributed by atoms with E-state index in [0.717, 1.165) is 51.2 Å². The van der Waals surface area contributed by atoms with E-state index < -0.39 is 11.5 Å². The SMILES string of the molecule is CCCNC1(C(=O)O)CCC(N2CCCC(C)C2)C1. The average Bonchev–Trinajstić information content (AvgIpc) is 2.82. The number of nitrogens with zero attached hydrogens (tertiary/aromatic N) is 1.